The molecule has 1 saturated heterocycles. The van der Waals surface area contributed by atoms with Gasteiger partial charge in [0.25, 0.3) is 0 Å². The maximum atomic E-state index is 5.77. The molecule has 2 unspecified atom stereocenters. The highest BCUT2D eigenvalue weighted by Crippen LogP contribution is 2.30. The third-order valence-corrected chi connectivity index (χ3v) is 5.74. The molecule has 1 heterocycles. The van der Waals surface area contributed by atoms with Crippen LogP contribution >= 0.6 is 0 Å². The summed E-state index contributed by atoms with van der Waals surface area (Å²) in [6.45, 7) is 19.8. The van der Waals surface area contributed by atoms with Crippen molar-refractivity contribution in [3.63, 3.8) is 0 Å². The van der Waals surface area contributed by atoms with Crippen molar-refractivity contribution in [2.24, 2.45) is 10.9 Å². The Labute approximate surface area is 189 Å². The first-order valence-corrected chi connectivity index (χ1v) is 11.8. The van der Waals surface area contributed by atoms with E-state index in [0.717, 1.165) is 42.7 Å². The highest BCUT2D eigenvalue weighted by atomic mass is 16.5. The van der Waals surface area contributed by atoms with Gasteiger partial charge in [-0.25, -0.2) is 0 Å². The van der Waals surface area contributed by atoms with Crippen molar-refractivity contribution in [3.05, 3.63) is 23.8 Å². The molecule has 7 heteroatoms. The molecule has 0 amide bonds. The Kier molecular flexibility index (Phi) is 10.9. The van der Waals surface area contributed by atoms with Crippen molar-refractivity contribution in [1.82, 2.24) is 20.4 Å². The number of hydrogen-bond acceptors (Lipinski definition) is 5. The van der Waals surface area contributed by atoms with Gasteiger partial charge >= 0.3 is 0 Å². The van der Waals surface area contributed by atoms with Crippen LogP contribution in [0.5, 0.6) is 11.5 Å². The molecule has 1 fully saturated rings. The summed E-state index contributed by atoms with van der Waals surface area (Å²) in [5.41, 5.74) is 1.14. The molecule has 2 N–H and O–H groups in total. The fourth-order valence-corrected chi connectivity index (χ4v) is 3.88. The summed E-state index contributed by atoms with van der Waals surface area (Å²) in [6, 6.07) is 6.21. The lowest BCUT2D eigenvalue weighted by Crippen LogP contribution is -2.48. The topological polar surface area (TPSA) is 61.4 Å². The largest absolute Gasteiger partial charge is 0.490 e. The summed E-state index contributed by atoms with van der Waals surface area (Å²) in [7, 11) is 1.82. The van der Waals surface area contributed by atoms with Crippen molar-refractivity contribution < 1.29 is 9.47 Å². The van der Waals surface area contributed by atoms with Gasteiger partial charge in [0.15, 0.2) is 17.5 Å². The number of rotatable bonds is 11. The molecule has 0 bridgehead atoms. The van der Waals surface area contributed by atoms with Gasteiger partial charge in [-0.3, -0.25) is 4.99 Å². The summed E-state index contributed by atoms with van der Waals surface area (Å²) in [4.78, 5) is 9.51. The number of piperazine rings is 1. The molecule has 31 heavy (non-hydrogen) atoms. The second kappa shape index (κ2) is 13.4. The highest BCUT2D eigenvalue weighted by molar-refractivity contribution is 5.80. The molecule has 2 atom stereocenters. The molecule has 7 nitrogen and oxygen atoms in total. The summed E-state index contributed by atoms with van der Waals surface area (Å²) in [5.74, 6) is 2.95. The maximum Gasteiger partial charge on any atom is 0.191 e. The first-order chi connectivity index (χ1) is 15.0. The van der Waals surface area contributed by atoms with Gasteiger partial charge in [0.2, 0.25) is 0 Å². The number of ether oxygens (including phenoxy) is 2. The smallest absolute Gasteiger partial charge is 0.191 e. The quantitative estimate of drug-likeness (QED) is 0.413. The standard InChI is InChI=1S/C24H43N5O2/c1-7-28-12-14-29(15-13-28)18-19(4)17-26-24(25-6)27-20(5)21-10-11-22(30-8-2)23(16-21)31-9-3/h10-11,16,19-20H,7-9,12-15,17-18H2,1-6H3,(H2,25,26,27). The Hall–Kier alpha value is -1.99. The SMILES string of the molecule is CCOc1ccc(C(C)NC(=NC)NCC(C)CN2CCN(CC)CC2)cc1OCC. The molecular formula is C24H43N5O2. The molecule has 0 radical (unpaired) electrons. The molecule has 1 aromatic carbocycles. The molecule has 1 aromatic rings. The zero-order chi connectivity index (χ0) is 22.6. The van der Waals surface area contributed by atoms with Gasteiger partial charge in [-0.2, -0.15) is 0 Å². The number of hydrogen-bond donors (Lipinski definition) is 2. The van der Waals surface area contributed by atoms with Crippen LogP contribution in [0, 0.1) is 5.92 Å². The van der Waals surface area contributed by atoms with Crippen LogP contribution in [0.25, 0.3) is 0 Å². The van der Waals surface area contributed by atoms with Crippen molar-refractivity contribution in [3.8, 4) is 11.5 Å². The Balaban J connectivity index is 1.84. The van der Waals surface area contributed by atoms with Gasteiger partial charge in [-0.05, 0) is 50.9 Å². The van der Waals surface area contributed by atoms with Crippen LogP contribution in [0.3, 0.4) is 0 Å². The third-order valence-electron chi connectivity index (χ3n) is 5.74. The van der Waals surface area contributed by atoms with Crippen LogP contribution in [0.2, 0.25) is 0 Å². The predicted octanol–water partition coefficient (Wildman–Crippen LogP) is 2.98. The van der Waals surface area contributed by atoms with Crippen LogP contribution in [0.4, 0.5) is 0 Å². The van der Waals surface area contributed by atoms with E-state index in [0.29, 0.717) is 19.1 Å². The molecule has 0 aliphatic carbocycles. The monoisotopic (exact) mass is 433 g/mol. The lowest BCUT2D eigenvalue weighted by atomic mass is 10.1. The van der Waals surface area contributed by atoms with E-state index in [1.54, 1.807) is 0 Å². The molecule has 1 aliphatic heterocycles. The van der Waals surface area contributed by atoms with Crippen LogP contribution in [-0.4, -0.2) is 81.8 Å². The maximum absolute atomic E-state index is 5.77. The molecule has 0 spiro atoms. The minimum absolute atomic E-state index is 0.0958. The summed E-state index contributed by atoms with van der Waals surface area (Å²) >= 11 is 0. The Morgan fingerprint density at radius 2 is 1.65 bits per heavy atom. The predicted molar refractivity (Wildman–Crippen MR) is 129 cm³/mol. The Bertz CT molecular complexity index is 674. The van der Waals surface area contributed by atoms with E-state index >= 15 is 0 Å². The first-order valence-electron chi connectivity index (χ1n) is 11.8. The van der Waals surface area contributed by atoms with Crippen molar-refractivity contribution in [1.29, 1.82) is 0 Å². The minimum Gasteiger partial charge on any atom is -0.490 e. The zero-order valence-corrected chi connectivity index (χ0v) is 20.4. The second-order valence-corrected chi connectivity index (χ2v) is 8.23. The van der Waals surface area contributed by atoms with E-state index in [1.807, 2.05) is 27.0 Å². The van der Waals surface area contributed by atoms with Crippen molar-refractivity contribution in [2.45, 2.75) is 40.7 Å². The van der Waals surface area contributed by atoms with E-state index in [1.165, 1.54) is 26.2 Å². The van der Waals surface area contributed by atoms with Gasteiger partial charge < -0.3 is 29.9 Å². The van der Waals surface area contributed by atoms with Gasteiger partial charge in [-0.15, -0.1) is 0 Å². The van der Waals surface area contributed by atoms with Crippen LogP contribution in [-0.2, 0) is 0 Å². The molecule has 1 aliphatic rings. The molecular weight excluding hydrogens is 390 g/mol. The highest BCUT2D eigenvalue weighted by Gasteiger charge is 2.18. The normalized spacial score (nSPS) is 17.8. The third kappa shape index (κ3) is 8.22. The average Bonchev–Trinajstić information content (AvgIpc) is 2.78. The van der Waals surface area contributed by atoms with Crippen molar-refractivity contribution >= 4 is 5.96 Å². The number of guanidine groups is 1. The molecule has 176 valence electrons. The number of nitrogens with zero attached hydrogens (tertiary/aromatic N) is 3. The summed E-state index contributed by atoms with van der Waals surface area (Å²) in [6.07, 6.45) is 0. The van der Waals surface area contributed by atoms with E-state index in [-0.39, 0.29) is 6.04 Å². The number of nitrogens with one attached hydrogen (secondary N) is 2. The summed E-state index contributed by atoms with van der Waals surface area (Å²) < 4.78 is 11.4. The van der Waals surface area contributed by atoms with Crippen molar-refractivity contribution in [2.75, 3.05) is 66.1 Å². The number of benzene rings is 1. The summed E-state index contributed by atoms with van der Waals surface area (Å²) in [5, 5.41) is 7.00. The number of aliphatic imine (C=N–C) groups is 1. The Morgan fingerprint density at radius 3 is 2.26 bits per heavy atom. The second-order valence-electron chi connectivity index (χ2n) is 8.23. The lowest BCUT2D eigenvalue weighted by Gasteiger charge is -2.35. The van der Waals surface area contributed by atoms with Gasteiger partial charge in [0.05, 0.1) is 19.3 Å². The van der Waals surface area contributed by atoms with Gasteiger partial charge in [0.1, 0.15) is 0 Å². The fourth-order valence-electron chi connectivity index (χ4n) is 3.88. The lowest BCUT2D eigenvalue weighted by molar-refractivity contribution is 0.124. The minimum atomic E-state index is 0.0958. The first kappa shape index (κ1) is 25.3. The van der Waals surface area contributed by atoms with Crippen LogP contribution < -0.4 is 20.1 Å². The van der Waals surface area contributed by atoms with E-state index < -0.39 is 0 Å². The molecule has 0 aromatic heterocycles. The van der Waals surface area contributed by atoms with Gasteiger partial charge in [-0.1, -0.05) is 19.9 Å². The Morgan fingerprint density at radius 1 is 1.00 bits per heavy atom. The van der Waals surface area contributed by atoms with Gasteiger partial charge in [0, 0.05) is 46.3 Å². The van der Waals surface area contributed by atoms with Crippen LogP contribution in [0.1, 0.15) is 46.2 Å². The van der Waals surface area contributed by atoms with E-state index in [9.17, 15) is 0 Å². The molecule has 0 saturated carbocycles. The molecule has 2 rings (SSSR count). The zero-order valence-electron chi connectivity index (χ0n) is 20.4. The fraction of sp³-hybridized carbons (Fsp3) is 0.708. The van der Waals surface area contributed by atoms with Crippen LogP contribution in [0.15, 0.2) is 23.2 Å². The van der Waals surface area contributed by atoms with E-state index in [2.05, 4.69) is 58.3 Å². The number of likely N-dealkylation sites (N-methyl/N-ethyl adjacent to an activating group) is 1. The van der Waals surface area contributed by atoms with E-state index in [4.69, 9.17) is 9.47 Å². The average molecular weight is 434 g/mol.